The number of carboxylic acid groups (broad SMARTS) is 1. The maximum absolute atomic E-state index is 12.8. The molecule has 0 bridgehead atoms. The van der Waals surface area contributed by atoms with Crippen molar-refractivity contribution in [3.05, 3.63) is 80.6 Å². The first-order valence-corrected chi connectivity index (χ1v) is 20.4. The molecule has 17 heteroatoms. The Labute approximate surface area is 335 Å². The number of nitrogens with zero attached hydrogens (tertiary/aromatic N) is 9. The third kappa shape index (κ3) is 7.33. The molecule has 6 aromatic heterocycles. The number of aryl methyl sites for hydroxylation is 2. The van der Waals surface area contributed by atoms with E-state index in [0.29, 0.717) is 39.1 Å². The first-order valence-electron chi connectivity index (χ1n) is 18.8. The van der Waals surface area contributed by atoms with Gasteiger partial charge in [-0.05, 0) is 61.8 Å². The molecule has 8 heterocycles. The number of likely N-dealkylation sites (N-methyl/N-ethyl adjacent to an activating group) is 1. The number of amides is 1. The average Bonchev–Trinajstić information content (AvgIpc) is 4.04. The molecule has 0 aromatic carbocycles. The number of fused-ring (bicyclic) bond motifs is 8. The van der Waals surface area contributed by atoms with Crippen LogP contribution in [0.25, 0.3) is 20.4 Å². The quantitative estimate of drug-likeness (QED) is 0.157. The predicted molar refractivity (Wildman–Crippen MR) is 221 cm³/mol. The highest BCUT2D eigenvalue weighted by atomic mass is 32.1. The van der Waals surface area contributed by atoms with Crippen LogP contribution in [-0.2, 0) is 53.1 Å². The van der Waals surface area contributed by atoms with Gasteiger partial charge in [0.05, 0.1) is 71.5 Å². The fourth-order valence-corrected chi connectivity index (χ4v) is 10.4. The van der Waals surface area contributed by atoms with Crippen molar-refractivity contribution in [1.82, 2.24) is 34.8 Å². The normalized spacial score (nSPS) is 17.4. The summed E-state index contributed by atoms with van der Waals surface area (Å²) in [5.74, 6) is 0.713. The molecule has 0 spiro atoms. The molecule has 0 unspecified atom stereocenters. The zero-order valence-corrected chi connectivity index (χ0v) is 33.0. The smallest absolute Gasteiger partial charge is 0.306 e. The Morgan fingerprint density at radius 3 is 1.84 bits per heavy atom. The summed E-state index contributed by atoms with van der Waals surface area (Å²) < 4.78 is 5.11. The highest BCUT2D eigenvalue weighted by Gasteiger charge is 2.31. The van der Waals surface area contributed by atoms with Gasteiger partial charge in [-0.1, -0.05) is 0 Å². The van der Waals surface area contributed by atoms with E-state index in [4.69, 9.17) is 4.74 Å². The monoisotopic (exact) mass is 801 g/mol. The molecule has 1 amide bonds. The third-order valence-corrected chi connectivity index (χ3v) is 13.2. The Morgan fingerprint density at radius 1 is 0.789 bits per heavy atom. The summed E-state index contributed by atoms with van der Waals surface area (Å²) in [7, 11) is 3.51. The van der Waals surface area contributed by atoms with Gasteiger partial charge in [-0.25, -0.2) is 19.9 Å². The standard InChI is InChI=1S/C22H24N6O2S.C18H15N5O2S/c1-28(5-6-30-2)22(29)13-3-4-16-18(8-13)31-21-19(16)20(25-12-26-21)27-15-7-14-9-23-11-17(14)24-10-15;24-18(25)9-1-2-12-14(4-9)26-17-15(12)16(21-8-22-17)23-11-3-10-5-19-7-13(10)20-6-11/h7,9-10,12-13H,3-6,8,11H2,1-2H3,(H,25,26,27);3,5-6,8-9H,1-2,4,7H2,(H,24,25)(H,21,22,23)/t13-;9-/m00/s1. The summed E-state index contributed by atoms with van der Waals surface area (Å²) in [6.07, 6.45) is 14.8. The SMILES string of the molecule is COCCN(C)C(=O)[C@H]1CCc2c(sc3ncnc(Nc4cnc5c(c4)C=NC5)c23)C1.O=C(O)[C@H]1CCc2c(sc3ncnc(Nc4cnc5c(c4)C=NC5)c23)C1. The van der Waals surface area contributed by atoms with Crippen LogP contribution < -0.4 is 10.6 Å². The number of ether oxygens (including phenoxy) is 1. The highest BCUT2D eigenvalue weighted by Crippen LogP contribution is 2.42. The van der Waals surface area contributed by atoms with Crippen LogP contribution in [0.3, 0.4) is 0 Å². The third-order valence-electron chi connectivity index (χ3n) is 10.9. The van der Waals surface area contributed by atoms with Crippen LogP contribution in [0, 0.1) is 11.8 Å². The van der Waals surface area contributed by atoms with Crippen molar-refractivity contribution in [2.24, 2.45) is 21.8 Å². The summed E-state index contributed by atoms with van der Waals surface area (Å²) in [6.45, 7) is 2.45. The van der Waals surface area contributed by atoms with Crippen LogP contribution in [0.1, 0.15) is 56.2 Å². The molecule has 10 rings (SSSR count). The van der Waals surface area contributed by atoms with E-state index in [2.05, 4.69) is 56.6 Å². The number of pyridine rings is 2. The lowest BCUT2D eigenvalue weighted by atomic mass is 9.87. The molecule has 57 heavy (non-hydrogen) atoms. The number of carboxylic acids is 1. The minimum atomic E-state index is -0.719. The number of nitrogens with one attached hydrogen (secondary N) is 2. The Balaban J connectivity index is 0.000000150. The Morgan fingerprint density at radius 2 is 1.32 bits per heavy atom. The molecular weight excluding hydrogens is 763 g/mol. The van der Waals surface area contributed by atoms with Crippen LogP contribution in [0.5, 0.6) is 0 Å². The lowest BCUT2D eigenvalue weighted by Gasteiger charge is -2.26. The topological polar surface area (TPSA) is 193 Å². The Hall–Kier alpha value is -5.78. The number of hydrogen-bond acceptors (Lipinski definition) is 15. The second kappa shape index (κ2) is 15.6. The lowest BCUT2D eigenvalue weighted by Crippen LogP contribution is -2.37. The first kappa shape index (κ1) is 36.8. The van der Waals surface area contributed by atoms with Crippen LogP contribution in [0.2, 0.25) is 0 Å². The second-order valence-corrected chi connectivity index (χ2v) is 16.7. The maximum Gasteiger partial charge on any atom is 0.306 e. The predicted octanol–water partition coefficient (Wildman–Crippen LogP) is 5.92. The van der Waals surface area contributed by atoms with Crippen LogP contribution in [-0.4, -0.2) is 91.5 Å². The van der Waals surface area contributed by atoms with E-state index in [9.17, 15) is 14.7 Å². The van der Waals surface area contributed by atoms with Crippen LogP contribution >= 0.6 is 22.7 Å². The van der Waals surface area contributed by atoms with E-state index in [-0.39, 0.29) is 17.7 Å². The van der Waals surface area contributed by atoms with E-state index >= 15 is 0 Å². The fourth-order valence-electron chi connectivity index (χ4n) is 7.86. The number of anilines is 4. The van der Waals surface area contributed by atoms with E-state index in [1.54, 1.807) is 53.5 Å². The summed E-state index contributed by atoms with van der Waals surface area (Å²) in [5, 5.41) is 18.2. The molecule has 3 N–H and O–H groups in total. The zero-order valence-electron chi connectivity index (χ0n) is 31.4. The van der Waals surface area contributed by atoms with Gasteiger partial charge in [-0.15, -0.1) is 22.7 Å². The number of aliphatic imine (C=N–C) groups is 2. The first-order chi connectivity index (χ1) is 27.8. The summed E-state index contributed by atoms with van der Waals surface area (Å²) >= 11 is 3.25. The largest absolute Gasteiger partial charge is 0.481 e. The minimum absolute atomic E-state index is 0.00647. The van der Waals surface area contributed by atoms with Crippen molar-refractivity contribution >= 4 is 90.4 Å². The van der Waals surface area contributed by atoms with E-state index < -0.39 is 5.97 Å². The van der Waals surface area contributed by atoms with Gasteiger partial charge in [0.2, 0.25) is 5.91 Å². The number of thiophene rings is 2. The summed E-state index contributed by atoms with van der Waals surface area (Å²) in [5.41, 5.74) is 8.24. The number of methoxy groups -OCH3 is 1. The van der Waals surface area contributed by atoms with Gasteiger partial charge in [0.15, 0.2) is 0 Å². The molecule has 4 aliphatic rings. The van der Waals surface area contributed by atoms with Crippen molar-refractivity contribution in [2.45, 2.75) is 51.6 Å². The Bertz CT molecular complexity index is 2600. The molecular formula is C40H39N11O4S2. The number of carbonyl (C=O) groups excluding carboxylic acids is 1. The molecule has 2 aliphatic carbocycles. The Kier molecular flexibility index (Phi) is 10.1. The van der Waals surface area contributed by atoms with Gasteiger partial charge in [-0.3, -0.25) is 29.5 Å². The van der Waals surface area contributed by atoms with Gasteiger partial charge in [0, 0.05) is 59.9 Å². The molecule has 290 valence electrons. The van der Waals surface area contributed by atoms with Gasteiger partial charge in [0.25, 0.3) is 0 Å². The maximum atomic E-state index is 12.8. The van der Waals surface area contributed by atoms with Crippen molar-refractivity contribution in [3.63, 3.8) is 0 Å². The number of hydrogen-bond donors (Lipinski definition) is 3. The van der Waals surface area contributed by atoms with Crippen molar-refractivity contribution in [1.29, 1.82) is 0 Å². The molecule has 15 nitrogen and oxygen atoms in total. The molecule has 2 atom stereocenters. The number of carbonyl (C=O) groups is 2. The van der Waals surface area contributed by atoms with Crippen molar-refractivity contribution in [2.75, 3.05) is 37.9 Å². The highest BCUT2D eigenvalue weighted by molar-refractivity contribution is 7.19. The summed E-state index contributed by atoms with van der Waals surface area (Å²) in [4.78, 5) is 65.5. The molecule has 6 aromatic rings. The van der Waals surface area contributed by atoms with Crippen LogP contribution in [0.15, 0.2) is 47.2 Å². The van der Waals surface area contributed by atoms with Crippen LogP contribution in [0.4, 0.5) is 23.0 Å². The molecule has 2 aliphatic heterocycles. The molecule has 0 saturated carbocycles. The van der Waals surface area contributed by atoms with E-state index in [0.717, 1.165) is 96.5 Å². The number of aliphatic carboxylic acids is 1. The molecule has 0 saturated heterocycles. The minimum Gasteiger partial charge on any atom is -0.481 e. The number of aromatic nitrogens is 6. The molecule has 0 radical (unpaired) electrons. The van der Waals surface area contributed by atoms with E-state index in [1.807, 2.05) is 31.7 Å². The van der Waals surface area contributed by atoms with Gasteiger partial charge < -0.3 is 25.4 Å². The van der Waals surface area contributed by atoms with Gasteiger partial charge in [0.1, 0.15) is 34.0 Å². The average molecular weight is 802 g/mol. The van der Waals surface area contributed by atoms with Crippen molar-refractivity contribution in [3.8, 4) is 0 Å². The van der Waals surface area contributed by atoms with Gasteiger partial charge >= 0.3 is 5.97 Å². The van der Waals surface area contributed by atoms with E-state index in [1.165, 1.54) is 16.0 Å². The molecule has 0 fully saturated rings. The lowest BCUT2D eigenvalue weighted by molar-refractivity contribution is -0.142. The number of rotatable bonds is 9. The van der Waals surface area contributed by atoms with Gasteiger partial charge in [-0.2, -0.15) is 0 Å². The van der Waals surface area contributed by atoms with Crippen molar-refractivity contribution < 1.29 is 19.4 Å². The fraction of sp³-hybridized carbons (Fsp3) is 0.350. The summed E-state index contributed by atoms with van der Waals surface area (Å²) in [6, 6.07) is 4.07. The zero-order chi connectivity index (χ0) is 39.0. The second-order valence-electron chi connectivity index (χ2n) is 14.5.